The number of ether oxygens (including phenoxy) is 3. The third-order valence-electron chi connectivity index (χ3n) is 6.77. The van der Waals surface area contributed by atoms with Crippen LogP contribution in [-0.2, 0) is 23.8 Å². The third-order valence-corrected chi connectivity index (χ3v) is 11.3. The average Bonchev–Trinajstić information content (AvgIpc) is 3.47. The molecular weight excluding hydrogens is 663 g/mol. The number of thioether (sulfide) groups is 2. The van der Waals surface area contributed by atoms with Gasteiger partial charge in [-0.1, -0.05) is 29.5 Å². The number of esters is 1. The summed E-state index contributed by atoms with van der Waals surface area (Å²) >= 11 is 5.69. The molecule has 4 heterocycles. The zero-order valence-corrected chi connectivity index (χ0v) is 25.7. The van der Waals surface area contributed by atoms with Gasteiger partial charge in [0.15, 0.2) is 0 Å². The van der Waals surface area contributed by atoms with Crippen molar-refractivity contribution in [1.29, 1.82) is 0 Å². The molecule has 4 aliphatic rings. The minimum Gasteiger partial charge on any atom is -0.481 e. The summed E-state index contributed by atoms with van der Waals surface area (Å²) in [7, 11) is 0. The number of amides is 2. The van der Waals surface area contributed by atoms with E-state index in [1.807, 2.05) is 13.0 Å². The molecule has 0 aromatic heterocycles. The smallest absolute Gasteiger partial charge is 0.408 e. The predicted molar refractivity (Wildman–Crippen MR) is 156 cm³/mol. The van der Waals surface area contributed by atoms with Crippen LogP contribution in [0.5, 0.6) is 0 Å². The Labute approximate surface area is 250 Å². The van der Waals surface area contributed by atoms with Gasteiger partial charge in [-0.15, -0.1) is 11.8 Å². The molecular formula is C25H37IN2O9S2. The van der Waals surface area contributed by atoms with E-state index in [0.717, 1.165) is 40.1 Å². The van der Waals surface area contributed by atoms with E-state index in [2.05, 4.69) is 33.2 Å². The molecule has 4 rings (SSSR count). The van der Waals surface area contributed by atoms with Crippen molar-refractivity contribution in [2.45, 2.75) is 81.4 Å². The minimum absolute atomic E-state index is 0.00204. The minimum atomic E-state index is -0.743. The number of fused-ring (bicyclic) bond motifs is 2. The second-order valence-corrected chi connectivity index (χ2v) is 13.6. The number of aliphatic hydroxyl groups is 1. The van der Waals surface area contributed by atoms with Crippen LogP contribution in [0.2, 0.25) is 0 Å². The van der Waals surface area contributed by atoms with Crippen LogP contribution in [0.4, 0.5) is 9.59 Å². The first-order chi connectivity index (χ1) is 18.6. The van der Waals surface area contributed by atoms with Crippen molar-refractivity contribution < 1.29 is 43.6 Å². The first-order valence-corrected chi connectivity index (χ1v) is 16.6. The zero-order valence-electron chi connectivity index (χ0n) is 21.9. The van der Waals surface area contributed by atoms with E-state index in [9.17, 15) is 24.3 Å². The van der Waals surface area contributed by atoms with Crippen LogP contribution in [0.1, 0.15) is 51.9 Å². The number of hydrogen-bond acceptors (Lipinski definition) is 10. The van der Waals surface area contributed by atoms with Crippen molar-refractivity contribution in [3.05, 3.63) is 11.0 Å². The SMILES string of the molecule is CC(CO)(CI)COC(=O)CCCC1=C[C@H]2OC(=O)NC2CS1.O=C(O)CCC[C@H]1C[C@H]2OC(=O)NC2CS1. The summed E-state index contributed by atoms with van der Waals surface area (Å²) in [5.41, 5.74) is -0.369. The first-order valence-electron chi connectivity index (χ1n) is 13.0. The van der Waals surface area contributed by atoms with Gasteiger partial charge in [-0.3, -0.25) is 9.59 Å². The lowest BCUT2D eigenvalue weighted by Crippen LogP contribution is -2.39. The highest BCUT2D eigenvalue weighted by Crippen LogP contribution is 2.33. The fraction of sp³-hybridized carbons (Fsp3) is 0.760. The summed E-state index contributed by atoms with van der Waals surface area (Å²) in [6, 6.07) is 0.207. The maximum Gasteiger partial charge on any atom is 0.408 e. The van der Waals surface area contributed by atoms with Crippen molar-refractivity contribution >= 4 is 70.2 Å². The summed E-state index contributed by atoms with van der Waals surface area (Å²) in [4.78, 5) is 45.5. The molecule has 0 saturated carbocycles. The Morgan fingerprint density at radius 2 is 1.90 bits per heavy atom. The van der Waals surface area contributed by atoms with Crippen LogP contribution < -0.4 is 10.6 Å². The molecule has 0 aromatic rings. The van der Waals surface area contributed by atoms with Gasteiger partial charge in [0.2, 0.25) is 0 Å². The number of aliphatic carboxylic acids is 1. The molecule has 39 heavy (non-hydrogen) atoms. The maximum atomic E-state index is 11.8. The number of alkyl carbamates (subject to hydrolysis) is 2. The zero-order chi connectivity index (χ0) is 28.4. The van der Waals surface area contributed by atoms with Gasteiger partial charge in [0.05, 0.1) is 25.3 Å². The number of alkyl halides is 1. The number of nitrogens with one attached hydrogen (secondary N) is 2. The van der Waals surface area contributed by atoms with Crippen LogP contribution in [0, 0.1) is 5.41 Å². The Kier molecular flexibility index (Phi) is 12.8. The fourth-order valence-electron chi connectivity index (χ4n) is 4.31. The second-order valence-electron chi connectivity index (χ2n) is 10.4. The number of aliphatic hydroxyl groups excluding tert-OH is 1. The largest absolute Gasteiger partial charge is 0.481 e. The molecule has 4 aliphatic heterocycles. The monoisotopic (exact) mass is 700 g/mol. The molecule has 11 nitrogen and oxygen atoms in total. The quantitative estimate of drug-likeness (QED) is 0.102. The van der Waals surface area contributed by atoms with E-state index in [0.29, 0.717) is 24.5 Å². The van der Waals surface area contributed by atoms with E-state index in [4.69, 9.17) is 19.3 Å². The normalized spacial score (nSPS) is 28.6. The molecule has 6 atom stereocenters. The molecule has 3 unspecified atom stereocenters. The van der Waals surface area contributed by atoms with Gasteiger partial charge in [-0.05, 0) is 43.1 Å². The van der Waals surface area contributed by atoms with Gasteiger partial charge in [0, 0.05) is 39.4 Å². The number of carbonyl (C=O) groups is 4. The number of carbonyl (C=O) groups excluding carboxylic acids is 3. The summed E-state index contributed by atoms with van der Waals surface area (Å²) in [5, 5.41) is 23.8. The lowest BCUT2D eigenvalue weighted by Gasteiger charge is -2.28. The van der Waals surface area contributed by atoms with Crippen LogP contribution in [0.3, 0.4) is 0 Å². The molecule has 0 bridgehead atoms. The maximum absolute atomic E-state index is 11.8. The van der Waals surface area contributed by atoms with Gasteiger partial charge in [-0.25, -0.2) is 9.59 Å². The molecule has 3 fully saturated rings. The summed E-state index contributed by atoms with van der Waals surface area (Å²) in [6.45, 7) is 2.14. The van der Waals surface area contributed by atoms with Crippen LogP contribution in [0.25, 0.3) is 0 Å². The van der Waals surface area contributed by atoms with Crippen molar-refractivity contribution in [2.75, 3.05) is 29.1 Å². The molecule has 4 N–H and O–H groups in total. The Hall–Kier alpha value is -1.39. The standard InChI is InChI=1S/C15H22INO5S.C10H15NO4S/c1-15(7-16,8-18)9-21-13(19)4-2-3-10-5-12-11(6-23-10)17-14(20)22-12;12-9(13)3-1-2-6-4-8-7(5-16-6)11-10(14)15-8/h5,11-12,18H,2-4,6-9H2,1H3,(H,17,20);6-8H,1-5H2,(H,11,14)(H,12,13)/t11?,12-,15?;6-,7?,8+/m10/s1. The average molecular weight is 701 g/mol. The Morgan fingerprint density at radius 3 is 2.62 bits per heavy atom. The van der Waals surface area contributed by atoms with E-state index in [1.54, 1.807) is 23.5 Å². The molecule has 2 amide bonds. The van der Waals surface area contributed by atoms with Crippen LogP contribution in [0.15, 0.2) is 11.0 Å². The van der Waals surface area contributed by atoms with E-state index >= 15 is 0 Å². The summed E-state index contributed by atoms with van der Waals surface area (Å²) in [5.74, 6) is 0.696. The highest BCUT2D eigenvalue weighted by Gasteiger charge is 2.39. The fourth-order valence-corrected chi connectivity index (χ4v) is 7.40. The van der Waals surface area contributed by atoms with E-state index in [1.165, 1.54) is 0 Å². The number of allylic oxidation sites excluding steroid dienone is 1. The van der Waals surface area contributed by atoms with Crippen molar-refractivity contribution in [1.82, 2.24) is 10.6 Å². The first kappa shape index (κ1) is 32.1. The topological polar surface area (TPSA) is 160 Å². The molecule has 3 saturated heterocycles. The van der Waals surface area contributed by atoms with Crippen molar-refractivity contribution in [3.8, 4) is 0 Å². The van der Waals surface area contributed by atoms with Gasteiger partial charge in [0.1, 0.15) is 12.2 Å². The van der Waals surface area contributed by atoms with Crippen molar-refractivity contribution in [3.63, 3.8) is 0 Å². The summed E-state index contributed by atoms with van der Waals surface area (Å²) < 4.78 is 16.3. The van der Waals surface area contributed by atoms with Gasteiger partial charge >= 0.3 is 24.1 Å². The molecule has 0 aliphatic carbocycles. The Balaban J connectivity index is 0.000000230. The Bertz CT molecular complexity index is 918. The molecule has 0 spiro atoms. The predicted octanol–water partition coefficient (Wildman–Crippen LogP) is 3.47. The number of carboxylic acids is 1. The number of rotatable bonds is 12. The number of carboxylic acid groups (broad SMARTS) is 1. The number of halogens is 1. The molecule has 220 valence electrons. The molecule has 14 heteroatoms. The van der Waals surface area contributed by atoms with Gasteiger partial charge < -0.3 is 35.1 Å². The molecule has 0 aromatic carbocycles. The van der Waals surface area contributed by atoms with Crippen molar-refractivity contribution in [2.24, 2.45) is 5.41 Å². The van der Waals surface area contributed by atoms with Gasteiger partial charge in [-0.2, -0.15) is 11.8 Å². The Morgan fingerprint density at radius 1 is 1.15 bits per heavy atom. The second kappa shape index (κ2) is 15.6. The number of hydrogen-bond donors (Lipinski definition) is 4. The molecule has 0 radical (unpaired) electrons. The van der Waals surface area contributed by atoms with Crippen LogP contribution in [-0.4, -0.2) is 93.0 Å². The van der Waals surface area contributed by atoms with Gasteiger partial charge in [0.25, 0.3) is 0 Å². The highest BCUT2D eigenvalue weighted by molar-refractivity contribution is 14.1. The van der Waals surface area contributed by atoms with E-state index < -0.39 is 5.97 Å². The summed E-state index contributed by atoms with van der Waals surface area (Å²) in [6.07, 6.45) is 5.60. The third kappa shape index (κ3) is 10.5. The van der Waals surface area contributed by atoms with E-state index in [-0.39, 0.29) is 67.5 Å². The lowest BCUT2D eigenvalue weighted by molar-refractivity contribution is -0.147. The highest BCUT2D eigenvalue weighted by atomic mass is 127. The van der Waals surface area contributed by atoms with Crippen LogP contribution >= 0.6 is 46.1 Å². The lowest BCUT2D eigenvalue weighted by atomic mass is 9.96.